The fourth-order valence-electron chi connectivity index (χ4n) is 4.97. The first-order chi connectivity index (χ1) is 18.3. The number of para-hydroxylation sites is 1. The highest BCUT2D eigenvalue weighted by Gasteiger charge is 2.51. The van der Waals surface area contributed by atoms with Gasteiger partial charge in [0.05, 0.1) is 11.2 Å². The van der Waals surface area contributed by atoms with Crippen LogP contribution in [0.2, 0.25) is 0 Å². The number of anilines is 3. The minimum atomic E-state index is -0.368. The van der Waals surface area contributed by atoms with E-state index in [4.69, 9.17) is 9.31 Å². The van der Waals surface area contributed by atoms with Gasteiger partial charge in [-0.25, -0.2) is 0 Å². The molecule has 1 aliphatic rings. The Kier molecular flexibility index (Phi) is 6.10. The topological polar surface area (TPSA) is 21.7 Å². The van der Waals surface area contributed by atoms with E-state index >= 15 is 0 Å². The molecular weight excluding hydrogens is 465 g/mol. The van der Waals surface area contributed by atoms with Crippen molar-refractivity contribution in [1.29, 1.82) is 0 Å². The van der Waals surface area contributed by atoms with Crippen molar-refractivity contribution in [2.45, 2.75) is 38.9 Å². The molecule has 0 bridgehead atoms. The maximum absolute atomic E-state index is 6.29. The minimum absolute atomic E-state index is 0.358. The van der Waals surface area contributed by atoms with Crippen LogP contribution >= 0.6 is 0 Å². The molecule has 0 saturated carbocycles. The Balaban J connectivity index is 1.36. The highest BCUT2D eigenvalue weighted by molar-refractivity contribution is 6.62. The monoisotopic (exact) mass is 497 g/mol. The molecule has 1 heterocycles. The maximum Gasteiger partial charge on any atom is 0.494 e. The SMILES string of the molecule is CC1(C)OB(c2ccc3cc(N(c4ccccc4)c4ccc(-c5ccccc5)cc4)ccc3c2)OC1(C)C. The van der Waals surface area contributed by atoms with Gasteiger partial charge in [0.1, 0.15) is 0 Å². The van der Waals surface area contributed by atoms with Gasteiger partial charge in [-0.1, -0.05) is 84.9 Å². The summed E-state index contributed by atoms with van der Waals surface area (Å²) in [4.78, 5) is 2.30. The van der Waals surface area contributed by atoms with Gasteiger partial charge in [0.2, 0.25) is 0 Å². The van der Waals surface area contributed by atoms with Crippen LogP contribution in [0.25, 0.3) is 21.9 Å². The molecule has 6 rings (SSSR count). The van der Waals surface area contributed by atoms with Crippen LogP contribution in [0.5, 0.6) is 0 Å². The number of benzene rings is 5. The number of fused-ring (bicyclic) bond motifs is 1. The molecule has 0 unspecified atom stereocenters. The van der Waals surface area contributed by atoms with E-state index in [1.165, 1.54) is 16.5 Å². The second-order valence-corrected chi connectivity index (χ2v) is 11.0. The van der Waals surface area contributed by atoms with Gasteiger partial charge < -0.3 is 14.2 Å². The van der Waals surface area contributed by atoms with Crippen molar-refractivity contribution < 1.29 is 9.31 Å². The van der Waals surface area contributed by atoms with E-state index in [9.17, 15) is 0 Å². The van der Waals surface area contributed by atoms with Gasteiger partial charge in [-0.05, 0) is 91.5 Å². The molecule has 0 aliphatic carbocycles. The second kappa shape index (κ2) is 9.47. The van der Waals surface area contributed by atoms with Crippen LogP contribution in [0.1, 0.15) is 27.7 Å². The van der Waals surface area contributed by atoms with E-state index in [1.54, 1.807) is 0 Å². The molecule has 1 fully saturated rings. The summed E-state index contributed by atoms with van der Waals surface area (Å²) in [5, 5.41) is 2.33. The molecule has 0 spiro atoms. The number of rotatable bonds is 5. The minimum Gasteiger partial charge on any atom is -0.399 e. The molecule has 1 aliphatic heterocycles. The first-order valence-corrected chi connectivity index (χ1v) is 13.2. The standard InChI is InChI=1S/C34H32BNO2/c1-33(2)34(3,4)38-35(37-33)29-19-15-28-24-32(22-18-27(28)23-29)36(30-13-9-6-10-14-30)31-20-16-26(17-21-31)25-11-7-5-8-12-25/h5-24H,1-4H3. The van der Waals surface area contributed by atoms with Gasteiger partial charge in [-0.15, -0.1) is 0 Å². The van der Waals surface area contributed by atoms with Crippen molar-refractivity contribution >= 4 is 40.4 Å². The van der Waals surface area contributed by atoms with E-state index in [0.29, 0.717) is 0 Å². The van der Waals surface area contributed by atoms with Crippen LogP contribution in [0.3, 0.4) is 0 Å². The molecule has 4 heteroatoms. The maximum atomic E-state index is 6.29. The summed E-state index contributed by atoms with van der Waals surface area (Å²) in [7, 11) is -0.368. The van der Waals surface area contributed by atoms with Gasteiger partial charge in [-0.2, -0.15) is 0 Å². The molecule has 188 valence electrons. The summed E-state index contributed by atoms with van der Waals surface area (Å²) in [5.41, 5.74) is 6.09. The van der Waals surface area contributed by atoms with E-state index in [2.05, 4.69) is 148 Å². The average molecular weight is 497 g/mol. The largest absolute Gasteiger partial charge is 0.494 e. The summed E-state index contributed by atoms with van der Waals surface area (Å²) in [6.07, 6.45) is 0. The molecule has 1 saturated heterocycles. The fourth-order valence-corrected chi connectivity index (χ4v) is 4.97. The van der Waals surface area contributed by atoms with Gasteiger partial charge in [0.15, 0.2) is 0 Å². The molecular formula is C34H32BNO2. The fraction of sp³-hybridized carbons (Fsp3) is 0.176. The first kappa shape index (κ1) is 24.5. The van der Waals surface area contributed by atoms with Crippen LogP contribution in [-0.4, -0.2) is 18.3 Å². The zero-order valence-corrected chi connectivity index (χ0v) is 22.4. The lowest BCUT2D eigenvalue weighted by molar-refractivity contribution is 0.00578. The molecule has 5 aromatic carbocycles. The summed E-state index contributed by atoms with van der Waals surface area (Å²) >= 11 is 0. The van der Waals surface area contributed by atoms with Crippen LogP contribution in [0.4, 0.5) is 17.1 Å². The molecule has 3 nitrogen and oxygen atoms in total. The first-order valence-electron chi connectivity index (χ1n) is 13.2. The Morgan fingerprint density at radius 1 is 0.500 bits per heavy atom. The molecule has 0 radical (unpaired) electrons. The van der Waals surface area contributed by atoms with Crippen LogP contribution in [-0.2, 0) is 9.31 Å². The van der Waals surface area contributed by atoms with E-state index in [1.807, 2.05) is 6.07 Å². The molecule has 0 amide bonds. The van der Waals surface area contributed by atoms with Gasteiger partial charge in [-0.3, -0.25) is 0 Å². The lowest BCUT2D eigenvalue weighted by Gasteiger charge is -2.32. The summed E-state index contributed by atoms with van der Waals surface area (Å²) in [6, 6.07) is 42.9. The zero-order chi connectivity index (χ0) is 26.3. The number of hydrogen-bond donors (Lipinski definition) is 0. The highest BCUT2D eigenvalue weighted by Crippen LogP contribution is 2.38. The van der Waals surface area contributed by atoms with Crippen molar-refractivity contribution in [2.75, 3.05) is 4.90 Å². The molecule has 0 aromatic heterocycles. The molecule has 38 heavy (non-hydrogen) atoms. The van der Waals surface area contributed by atoms with Crippen molar-refractivity contribution in [3.8, 4) is 11.1 Å². The van der Waals surface area contributed by atoms with E-state index in [-0.39, 0.29) is 18.3 Å². The number of hydrogen-bond acceptors (Lipinski definition) is 3. The van der Waals surface area contributed by atoms with Gasteiger partial charge in [0, 0.05) is 17.1 Å². The zero-order valence-electron chi connectivity index (χ0n) is 22.4. The summed E-state index contributed by atoms with van der Waals surface area (Å²) < 4.78 is 12.6. The average Bonchev–Trinajstić information content (AvgIpc) is 3.16. The summed E-state index contributed by atoms with van der Waals surface area (Å²) in [5.74, 6) is 0. The van der Waals surface area contributed by atoms with Gasteiger partial charge in [0.25, 0.3) is 0 Å². The summed E-state index contributed by atoms with van der Waals surface area (Å²) in [6.45, 7) is 8.35. The number of nitrogens with zero attached hydrogens (tertiary/aromatic N) is 1. The lowest BCUT2D eigenvalue weighted by Crippen LogP contribution is -2.41. The molecule has 0 atom stereocenters. The van der Waals surface area contributed by atoms with Crippen LogP contribution in [0, 0.1) is 0 Å². The second-order valence-electron chi connectivity index (χ2n) is 11.0. The van der Waals surface area contributed by atoms with Crippen molar-refractivity contribution in [2.24, 2.45) is 0 Å². The Hall–Kier alpha value is -3.86. The molecule has 0 N–H and O–H groups in total. The Labute approximate surface area is 225 Å². The Morgan fingerprint density at radius 3 is 1.66 bits per heavy atom. The smallest absolute Gasteiger partial charge is 0.399 e. The van der Waals surface area contributed by atoms with Gasteiger partial charge >= 0.3 is 7.12 Å². The predicted molar refractivity (Wildman–Crippen MR) is 160 cm³/mol. The third-order valence-corrected chi connectivity index (χ3v) is 7.88. The quantitative estimate of drug-likeness (QED) is 0.228. The van der Waals surface area contributed by atoms with Crippen LogP contribution in [0.15, 0.2) is 121 Å². The van der Waals surface area contributed by atoms with Crippen molar-refractivity contribution in [3.05, 3.63) is 121 Å². The lowest BCUT2D eigenvalue weighted by atomic mass is 9.78. The van der Waals surface area contributed by atoms with E-state index in [0.717, 1.165) is 27.9 Å². The molecule has 5 aromatic rings. The Bertz CT molecular complexity index is 1550. The highest BCUT2D eigenvalue weighted by atomic mass is 16.7. The Morgan fingerprint density at radius 2 is 1.00 bits per heavy atom. The normalized spacial score (nSPS) is 16.1. The van der Waals surface area contributed by atoms with Crippen molar-refractivity contribution in [3.63, 3.8) is 0 Å². The third-order valence-electron chi connectivity index (χ3n) is 7.88. The predicted octanol–water partition coefficient (Wildman–Crippen LogP) is 8.28. The van der Waals surface area contributed by atoms with Crippen molar-refractivity contribution in [1.82, 2.24) is 0 Å². The van der Waals surface area contributed by atoms with E-state index < -0.39 is 0 Å². The third kappa shape index (κ3) is 4.51. The van der Waals surface area contributed by atoms with Crippen LogP contribution < -0.4 is 10.4 Å².